The normalized spacial score (nSPS) is 14.6. The molecule has 1 aliphatic carbocycles. The molecule has 0 spiro atoms. The molecule has 6 nitrogen and oxygen atoms in total. The van der Waals surface area contributed by atoms with Crippen molar-refractivity contribution >= 4 is 39.1 Å². The van der Waals surface area contributed by atoms with Gasteiger partial charge in [-0.15, -0.1) is 0 Å². The lowest BCUT2D eigenvalue weighted by Gasteiger charge is -2.31. The summed E-state index contributed by atoms with van der Waals surface area (Å²) in [6.45, 7) is 2.34. The highest BCUT2D eigenvalue weighted by atomic mass is 35.5. The van der Waals surface area contributed by atoms with E-state index in [0.29, 0.717) is 24.5 Å². The molecule has 0 bridgehead atoms. The fraction of sp³-hybridized carbons (Fsp3) is 0.533. The maximum atomic E-state index is 13.3. The van der Waals surface area contributed by atoms with Gasteiger partial charge in [-0.25, -0.2) is 0 Å². The van der Waals surface area contributed by atoms with E-state index in [0.717, 1.165) is 84.7 Å². The van der Waals surface area contributed by atoms with Crippen molar-refractivity contribution in [1.29, 1.82) is 0 Å². The third kappa shape index (κ3) is 8.32. The Kier molecular flexibility index (Phi) is 11.1. The minimum Gasteiger partial charge on any atom is -0.506 e. The van der Waals surface area contributed by atoms with Crippen LogP contribution in [0, 0.1) is 0 Å². The van der Waals surface area contributed by atoms with E-state index in [9.17, 15) is 14.7 Å². The summed E-state index contributed by atoms with van der Waals surface area (Å²) >= 11 is 7.24. The minimum atomic E-state index is -0.140. The molecule has 1 saturated carbocycles. The monoisotopic (exact) mass is 557 g/mol. The number of carbonyl (C=O) groups excluding carboxylic acids is 1. The Labute approximate surface area is 234 Å². The molecule has 0 radical (unpaired) electrons. The highest BCUT2D eigenvalue weighted by Gasteiger charge is 2.24. The van der Waals surface area contributed by atoms with E-state index in [-0.39, 0.29) is 16.5 Å². The lowest BCUT2D eigenvalue weighted by molar-refractivity contribution is -0.133. The van der Waals surface area contributed by atoms with Gasteiger partial charge in [-0.3, -0.25) is 9.59 Å². The third-order valence-electron chi connectivity index (χ3n) is 7.57. The van der Waals surface area contributed by atoms with Crippen molar-refractivity contribution in [1.82, 2.24) is 15.2 Å². The van der Waals surface area contributed by atoms with Crippen LogP contribution in [-0.4, -0.2) is 46.6 Å². The van der Waals surface area contributed by atoms with Crippen molar-refractivity contribution in [2.24, 2.45) is 0 Å². The average molecular weight is 558 g/mol. The average Bonchev–Trinajstić information content (AvgIpc) is 3.11. The summed E-state index contributed by atoms with van der Waals surface area (Å²) in [5.74, 6) is 0.392. The number of hydrogen-bond acceptors (Lipinski definition) is 5. The highest BCUT2D eigenvalue weighted by molar-refractivity contribution is 7.16. The summed E-state index contributed by atoms with van der Waals surface area (Å²) in [6.07, 6.45) is 12.5. The molecule has 3 N–H and O–H groups in total. The van der Waals surface area contributed by atoms with E-state index in [2.05, 4.69) is 21.3 Å². The maximum absolute atomic E-state index is 13.3. The number of unbranched alkanes of at least 4 members (excludes halogenated alkanes) is 2. The second-order valence-electron chi connectivity index (χ2n) is 10.4. The van der Waals surface area contributed by atoms with Crippen LogP contribution in [0.1, 0.15) is 75.3 Å². The number of amides is 1. The van der Waals surface area contributed by atoms with Crippen LogP contribution < -0.4 is 10.2 Å². The predicted molar refractivity (Wildman–Crippen MR) is 158 cm³/mol. The number of rotatable bonds is 13. The minimum absolute atomic E-state index is 0.124. The molecular weight excluding hydrogens is 518 g/mol. The molecule has 0 unspecified atom stereocenters. The quantitative estimate of drug-likeness (QED) is 0.167. The van der Waals surface area contributed by atoms with Gasteiger partial charge >= 0.3 is 4.87 Å². The molecule has 2 aromatic carbocycles. The van der Waals surface area contributed by atoms with E-state index < -0.39 is 0 Å². The van der Waals surface area contributed by atoms with Crippen LogP contribution in [0.5, 0.6) is 5.75 Å². The number of aromatic hydroxyl groups is 1. The van der Waals surface area contributed by atoms with E-state index in [1.807, 2.05) is 24.3 Å². The Balaban J connectivity index is 1.24. The molecule has 3 aromatic rings. The molecule has 1 aliphatic rings. The highest BCUT2D eigenvalue weighted by Crippen LogP contribution is 2.29. The number of phenols is 1. The molecule has 206 valence electrons. The standard InChI is InChI=1S/C30H40ClN3O3S/c31-24-11-8-9-22(21-24)16-18-32-19-17-27(36)34(25-12-5-1-2-6-13-25)20-7-3-4-10-23-14-15-26(35)28-29(23)38-30(37)33-28/h8-9,11,14-15,21,25,32,35H,1-7,10,12-13,16-20H2,(H,33,37). The zero-order chi connectivity index (χ0) is 26.7. The first-order valence-corrected chi connectivity index (χ1v) is 15.3. The van der Waals surface area contributed by atoms with Gasteiger partial charge < -0.3 is 20.3 Å². The number of aromatic amines is 1. The summed E-state index contributed by atoms with van der Waals surface area (Å²) < 4.78 is 0.855. The van der Waals surface area contributed by atoms with Gasteiger partial charge in [-0.05, 0) is 74.4 Å². The van der Waals surface area contributed by atoms with E-state index in [4.69, 9.17) is 11.6 Å². The Morgan fingerprint density at radius 2 is 1.87 bits per heavy atom. The molecular formula is C30H40ClN3O3S. The zero-order valence-electron chi connectivity index (χ0n) is 22.1. The smallest absolute Gasteiger partial charge is 0.305 e. The lowest BCUT2D eigenvalue weighted by Crippen LogP contribution is -2.42. The number of nitrogens with zero attached hydrogens (tertiary/aromatic N) is 1. The Hall–Kier alpha value is -2.35. The summed E-state index contributed by atoms with van der Waals surface area (Å²) in [5, 5.41) is 14.2. The fourth-order valence-electron chi connectivity index (χ4n) is 5.51. The maximum Gasteiger partial charge on any atom is 0.305 e. The van der Waals surface area contributed by atoms with Crippen LogP contribution in [0.25, 0.3) is 10.2 Å². The van der Waals surface area contributed by atoms with Gasteiger partial charge in [-0.1, -0.05) is 73.2 Å². The van der Waals surface area contributed by atoms with Crippen molar-refractivity contribution in [3.8, 4) is 5.75 Å². The van der Waals surface area contributed by atoms with Crippen LogP contribution >= 0.6 is 22.9 Å². The molecule has 0 aliphatic heterocycles. The molecule has 0 saturated heterocycles. The van der Waals surface area contributed by atoms with Crippen molar-refractivity contribution in [3.63, 3.8) is 0 Å². The molecule has 4 rings (SSSR count). The topological polar surface area (TPSA) is 85.4 Å². The van der Waals surface area contributed by atoms with E-state index in [1.54, 1.807) is 6.07 Å². The number of carbonyl (C=O) groups is 1. The number of nitrogens with one attached hydrogen (secondary N) is 2. The molecule has 1 aromatic heterocycles. The summed E-state index contributed by atoms with van der Waals surface area (Å²) in [5.41, 5.74) is 2.85. The second-order valence-corrected chi connectivity index (χ2v) is 11.8. The SMILES string of the molecule is O=C(CCNCCc1cccc(Cl)c1)N(CCCCCc1ccc(O)c2[nH]c(=O)sc12)C1CCCCCC1. The number of hydrogen-bond donors (Lipinski definition) is 3. The number of fused-ring (bicyclic) bond motifs is 1. The number of aryl methyl sites for hydroxylation is 1. The molecule has 38 heavy (non-hydrogen) atoms. The van der Waals surface area contributed by atoms with Crippen LogP contribution in [0.3, 0.4) is 0 Å². The van der Waals surface area contributed by atoms with Crippen LogP contribution in [0.4, 0.5) is 0 Å². The summed E-state index contributed by atoms with van der Waals surface area (Å²) in [6, 6.07) is 11.9. The van der Waals surface area contributed by atoms with Crippen molar-refractivity contribution in [2.75, 3.05) is 19.6 Å². The molecule has 1 amide bonds. The molecule has 0 atom stereocenters. The van der Waals surface area contributed by atoms with Crippen LogP contribution in [-0.2, 0) is 17.6 Å². The van der Waals surface area contributed by atoms with Crippen molar-refractivity contribution < 1.29 is 9.90 Å². The number of phenolic OH excluding ortho intramolecular Hbond substituents is 1. The van der Waals surface area contributed by atoms with Crippen LogP contribution in [0.15, 0.2) is 41.2 Å². The van der Waals surface area contributed by atoms with Gasteiger partial charge in [0.05, 0.1) is 4.70 Å². The second kappa shape index (κ2) is 14.7. The number of aromatic nitrogens is 1. The predicted octanol–water partition coefficient (Wildman–Crippen LogP) is 6.44. The van der Waals surface area contributed by atoms with Crippen LogP contribution in [0.2, 0.25) is 5.02 Å². The third-order valence-corrected chi connectivity index (χ3v) is 8.76. The first-order valence-electron chi connectivity index (χ1n) is 14.1. The summed E-state index contributed by atoms with van der Waals surface area (Å²) in [4.78, 5) is 29.9. The first kappa shape index (κ1) is 28.7. The van der Waals surface area contributed by atoms with Gasteiger partial charge in [-0.2, -0.15) is 0 Å². The molecule has 1 fully saturated rings. The zero-order valence-corrected chi connectivity index (χ0v) is 23.7. The lowest BCUT2D eigenvalue weighted by atomic mass is 10.0. The fourth-order valence-corrected chi connectivity index (χ4v) is 6.62. The Morgan fingerprint density at radius 1 is 1.05 bits per heavy atom. The van der Waals surface area contributed by atoms with Crippen molar-refractivity contribution in [2.45, 2.75) is 83.1 Å². The van der Waals surface area contributed by atoms with Gasteiger partial charge in [0, 0.05) is 30.6 Å². The largest absolute Gasteiger partial charge is 0.506 e. The number of H-pyrrole nitrogens is 1. The van der Waals surface area contributed by atoms with Gasteiger partial charge in [0.2, 0.25) is 5.91 Å². The molecule has 1 heterocycles. The number of benzene rings is 2. The Morgan fingerprint density at radius 3 is 2.66 bits per heavy atom. The van der Waals surface area contributed by atoms with Crippen molar-refractivity contribution in [3.05, 3.63) is 62.2 Å². The summed E-state index contributed by atoms with van der Waals surface area (Å²) in [7, 11) is 0. The van der Waals surface area contributed by atoms with E-state index >= 15 is 0 Å². The van der Waals surface area contributed by atoms with E-state index in [1.165, 1.54) is 31.2 Å². The molecule has 8 heteroatoms. The number of halogens is 1. The Bertz CT molecular complexity index is 1230. The first-order chi connectivity index (χ1) is 18.5. The van der Waals surface area contributed by atoms with Gasteiger partial charge in [0.15, 0.2) is 0 Å². The number of thiazole rings is 1. The van der Waals surface area contributed by atoms with Gasteiger partial charge in [0.25, 0.3) is 0 Å². The van der Waals surface area contributed by atoms with Gasteiger partial charge in [0.1, 0.15) is 11.3 Å².